The van der Waals surface area contributed by atoms with Crippen molar-refractivity contribution in [2.24, 2.45) is 5.11 Å². The molecule has 1 unspecified atom stereocenters. The first-order valence-electron chi connectivity index (χ1n) is 8.34. The highest BCUT2D eigenvalue weighted by Gasteiger charge is 2.41. The summed E-state index contributed by atoms with van der Waals surface area (Å²) in [6.07, 6.45) is -0.147. The van der Waals surface area contributed by atoms with E-state index in [1.807, 2.05) is 0 Å². The monoisotopic (exact) mass is 384 g/mol. The van der Waals surface area contributed by atoms with Gasteiger partial charge in [0.15, 0.2) is 20.0 Å². The Bertz CT molecular complexity index is 772. The maximum Gasteiger partial charge on any atom is 0.351 e. The molecule has 0 radical (unpaired) electrons. The van der Waals surface area contributed by atoms with Crippen LogP contribution in [0.1, 0.15) is 33.4 Å². The van der Waals surface area contributed by atoms with Gasteiger partial charge in [-0.1, -0.05) is 25.9 Å². The zero-order chi connectivity index (χ0) is 19.7. The van der Waals surface area contributed by atoms with Crippen molar-refractivity contribution >= 4 is 14.1 Å². The van der Waals surface area contributed by atoms with E-state index in [0.29, 0.717) is 0 Å². The van der Waals surface area contributed by atoms with E-state index in [9.17, 15) is 9.18 Å². The minimum absolute atomic E-state index is 0.0138. The molecule has 0 saturated carbocycles. The van der Waals surface area contributed by atoms with Crippen LogP contribution in [0.3, 0.4) is 0 Å². The lowest BCUT2D eigenvalue weighted by molar-refractivity contribution is -0.0249. The number of anilines is 1. The highest BCUT2D eigenvalue weighted by atomic mass is 28.4. The molecule has 1 aromatic rings. The smallest absolute Gasteiger partial charge is 0.351 e. The first kappa shape index (κ1) is 20.4. The number of nitrogen functional groups attached to an aromatic ring is 1. The number of hydrogen-bond acceptors (Lipinski definition) is 6. The van der Waals surface area contributed by atoms with Gasteiger partial charge in [0.2, 0.25) is 0 Å². The molecule has 2 rings (SSSR count). The fourth-order valence-corrected chi connectivity index (χ4v) is 3.41. The van der Waals surface area contributed by atoms with Gasteiger partial charge < -0.3 is 14.9 Å². The Balaban J connectivity index is 2.20. The highest BCUT2D eigenvalue weighted by Crippen LogP contribution is 2.38. The van der Waals surface area contributed by atoms with Gasteiger partial charge in [0.05, 0.1) is 24.9 Å². The maximum absolute atomic E-state index is 13.7. The maximum atomic E-state index is 13.7. The Labute approximate surface area is 152 Å². The van der Waals surface area contributed by atoms with Crippen LogP contribution in [0, 0.1) is 5.82 Å². The fourth-order valence-electron chi connectivity index (χ4n) is 2.39. The van der Waals surface area contributed by atoms with Gasteiger partial charge in [-0.15, -0.1) is 0 Å². The van der Waals surface area contributed by atoms with Gasteiger partial charge in [-0.05, 0) is 23.7 Å². The molecule has 144 valence electrons. The molecular weight excluding hydrogens is 359 g/mol. The minimum atomic E-state index is -2.03. The molecule has 0 bridgehead atoms. The normalized spacial score (nSPS) is 23.7. The highest BCUT2D eigenvalue weighted by molar-refractivity contribution is 6.74. The van der Waals surface area contributed by atoms with Crippen molar-refractivity contribution in [3.05, 3.63) is 32.9 Å². The van der Waals surface area contributed by atoms with Gasteiger partial charge in [0, 0.05) is 11.3 Å². The minimum Gasteiger partial charge on any atom is -0.414 e. The third kappa shape index (κ3) is 4.23. The Kier molecular flexibility index (Phi) is 5.76. The summed E-state index contributed by atoms with van der Waals surface area (Å²) in [5.41, 5.74) is 13.4. The molecule has 0 aliphatic carbocycles. The van der Waals surface area contributed by atoms with Gasteiger partial charge in [0.25, 0.3) is 0 Å². The van der Waals surface area contributed by atoms with E-state index in [1.54, 1.807) is 0 Å². The Morgan fingerprint density at radius 3 is 2.81 bits per heavy atom. The Morgan fingerprint density at radius 2 is 2.23 bits per heavy atom. The van der Waals surface area contributed by atoms with E-state index in [-0.39, 0.29) is 18.1 Å². The molecule has 11 heteroatoms. The number of azide groups is 1. The van der Waals surface area contributed by atoms with Crippen LogP contribution in [0.25, 0.3) is 10.4 Å². The summed E-state index contributed by atoms with van der Waals surface area (Å²) in [6, 6.07) is -0.526. The van der Waals surface area contributed by atoms with E-state index < -0.39 is 44.0 Å². The quantitative estimate of drug-likeness (QED) is 0.361. The SMILES string of the molecule is CC(C)(C)[Si](C)(C)OC[C@@H]1O[C@H](n2cc(F)c(N)nc2=O)CC1N=[N+]=[N-]. The standard InChI is InChI=1S/C15H25FN6O3Si/c1-15(2,3)26(4,5)24-8-11-10(20-21-18)6-12(25-11)22-7-9(16)13(17)19-14(22)23/h7,10-12H,6,8H2,1-5H3,(H2,17,19,23)/t10?,11-,12-/m0/s1. The summed E-state index contributed by atoms with van der Waals surface area (Å²) in [7, 11) is -2.03. The van der Waals surface area contributed by atoms with Crippen LogP contribution >= 0.6 is 0 Å². The molecule has 0 amide bonds. The molecule has 1 aliphatic heterocycles. The second kappa shape index (κ2) is 7.35. The van der Waals surface area contributed by atoms with E-state index >= 15 is 0 Å². The average molecular weight is 384 g/mol. The molecule has 1 fully saturated rings. The summed E-state index contributed by atoms with van der Waals surface area (Å²) < 4.78 is 26.7. The van der Waals surface area contributed by atoms with Crippen LogP contribution in [0.2, 0.25) is 18.1 Å². The number of rotatable bonds is 5. The van der Waals surface area contributed by atoms with Crippen molar-refractivity contribution in [2.45, 2.75) is 63.7 Å². The van der Waals surface area contributed by atoms with Gasteiger partial charge in [-0.3, -0.25) is 4.57 Å². The van der Waals surface area contributed by atoms with E-state index in [2.05, 4.69) is 48.9 Å². The lowest BCUT2D eigenvalue weighted by atomic mass is 10.1. The van der Waals surface area contributed by atoms with Gasteiger partial charge in [-0.2, -0.15) is 4.98 Å². The lowest BCUT2D eigenvalue weighted by Crippen LogP contribution is -2.43. The van der Waals surface area contributed by atoms with Crippen molar-refractivity contribution in [1.82, 2.24) is 9.55 Å². The number of hydrogen-bond donors (Lipinski definition) is 1. The van der Waals surface area contributed by atoms with E-state index in [4.69, 9.17) is 20.4 Å². The fraction of sp³-hybridized carbons (Fsp3) is 0.733. The van der Waals surface area contributed by atoms with Crippen LogP contribution in [0.15, 0.2) is 16.1 Å². The number of aromatic nitrogens is 2. The van der Waals surface area contributed by atoms with Gasteiger partial charge in [0.1, 0.15) is 6.23 Å². The molecule has 26 heavy (non-hydrogen) atoms. The molecule has 2 heterocycles. The molecular formula is C15H25FN6O3Si. The molecule has 0 spiro atoms. The number of ether oxygens (including phenoxy) is 1. The van der Waals surface area contributed by atoms with Gasteiger partial charge >= 0.3 is 5.69 Å². The van der Waals surface area contributed by atoms with Crippen molar-refractivity contribution < 1.29 is 13.6 Å². The topological polar surface area (TPSA) is 128 Å². The number of halogens is 1. The first-order chi connectivity index (χ1) is 12.0. The molecule has 1 aliphatic rings. The molecule has 3 atom stereocenters. The molecule has 1 aromatic heterocycles. The molecule has 2 N–H and O–H groups in total. The predicted molar refractivity (Wildman–Crippen MR) is 97.5 cm³/mol. The summed E-state index contributed by atoms with van der Waals surface area (Å²) in [6.45, 7) is 10.8. The molecule has 0 aromatic carbocycles. The van der Waals surface area contributed by atoms with Crippen LogP contribution in [0.4, 0.5) is 10.2 Å². The summed E-state index contributed by atoms with van der Waals surface area (Å²) >= 11 is 0. The van der Waals surface area contributed by atoms with E-state index in [1.165, 1.54) is 0 Å². The van der Waals surface area contributed by atoms with Crippen LogP contribution < -0.4 is 11.4 Å². The Morgan fingerprint density at radius 1 is 1.58 bits per heavy atom. The predicted octanol–water partition coefficient (Wildman–Crippen LogP) is 2.95. The number of nitrogens with zero attached hydrogens (tertiary/aromatic N) is 5. The first-order valence-corrected chi connectivity index (χ1v) is 11.2. The molecule has 9 nitrogen and oxygen atoms in total. The summed E-state index contributed by atoms with van der Waals surface area (Å²) in [5, 5.41) is 3.76. The van der Waals surface area contributed by atoms with Crippen molar-refractivity contribution in [3.63, 3.8) is 0 Å². The second-order valence-corrected chi connectivity index (χ2v) is 12.7. The van der Waals surface area contributed by atoms with E-state index in [0.717, 1.165) is 10.8 Å². The van der Waals surface area contributed by atoms with Crippen molar-refractivity contribution in [3.8, 4) is 0 Å². The largest absolute Gasteiger partial charge is 0.414 e. The zero-order valence-corrected chi connectivity index (χ0v) is 16.6. The van der Waals surface area contributed by atoms with Crippen molar-refractivity contribution in [1.29, 1.82) is 0 Å². The van der Waals surface area contributed by atoms with Crippen LogP contribution in [0.5, 0.6) is 0 Å². The summed E-state index contributed by atoms with van der Waals surface area (Å²) in [4.78, 5) is 18.3. The zero-order valence-electron chi connectivity index (χ0n) is 15.6. The average Bonchev–Trinajstić information content (AvgIpc) is 2.91. The third-order valence-electron chi connectivity index (χ3n) is 5.06. The third-order valence-corrected chi connectivity index (χ3v) is 9.56. The van der Waals surface area contributed by atoms with Crippen LogP contribution in [-0.4, -0.2) is 36.6 Å². The van der Waals surface area contributed by atoms with Crippen LogP contribution in [-0.2, 0) is 9.16 Å². The molecule has 1 saturated heterocycles. The number of nitrogens with two attached hydrogens (primary N) is 1. The van der Waals surface area contributed by atoms with Gasteiger partial charge in [-0.25, -0.2) is 9.18 Å². The van der Waals surface area contributed by atoms with Crippen molar-refractivity contribution in [2.75, 3.05) is 12.3 Å². The lowest BCUT2D eigenvalue weighted by Gasteiger charge is -2.37. The second-order valence-electron chi connectivity index (χ2n) is 7.87. The summed E-state index contributed by atoms with van der Waals surface area (Å²) in [5.74, 6) is -1.27. The Hall–Kier alpha value is -1.94.